The lowest BCUT2D eigenvalue weighted by Gasteiger charge is -2.25. The Balaban J connectivity index is 1.86. The van der Waals surface area contributed by atoms with Crippen LogP contribution in [0.5, 0.6) is 11.5 Å². The first-order chi connectivity index (χ1) is 14.9. The van der Waals surface area contributed by atoms with Crippen molar-refractivity contribution in [1.82, 2.24) is 4.90 Å². The summed E-state index contributed by atoms with van der Waals surface area (Å²) in [6.07, 6.45) is 1.54. The topological polar surface area (TPSA) is 98.4 Å². The van der Waals surface area contributed by atoms with Gasteiger partial charge in [0.1, 0.15) is 34.8 Å². The molecule has 8 nitrogen and oxygen atoms in total. The Kier molecular flexibility index (Phi) is 5.73. The molecule has 1 N–H and O–H groups in total. The minimum absolute atomic E-state index is 0.0519. The van der Waals surface area contributed by atoms with Crippen molar-refractivity contribution in [3.05, 3.63) is 53.0 Å². The number of amides is 1. The van der Waals surface area contributed by atoms with Gasteiger partial charge >= 0.3 is 0 Å². The van der Waals surface area contributed by atoms with E-state index >= 15 is 0 Å². The smallest absolute Gasteiger partial charge is 0.295 e. The Hall–Kier alpha value is -3.26. The van der Waals surface area contributed by atoms with Crippen molar-refractivity contribution in [2.75, 3.05) is 27.4 Å². The lowest BCUT2D eigenvalue weighted by atomic mass is 9.98. The van der Waals surface area contributed by atoms with Crippen LogP contribution in [0.2, 0.25) is 0 Å². The number of aliphatic hydroxyl groups excluding tert-OH is 1. The Morgan fingerprint density at radius 3 is 2.61 bits per heavy atom. The van der Waals surface area contributed by atoms with E-state index in [-0.39, 0.29) is 29.5 Å². The van der Waals surface area contributed by atoms with Crippen molar-refractivity contribution in [2.45, 2.75) is 31.9 Å². The number of rotatable bonds is 6. The van der Waals surface area contributed by atoms with Crippen molar-refractivity contribution >= 4 is 17.4 Å². The summed E-state index contributed by atoms with van der Waals surface area (Å²) in [6, 6.07) is 7.47. The van der Waals surface area contributed by atoms with Gasteiger partial charge in [-0.05, 0) is 50.1 Å². The van der Waals surface area contributed by atoms with Gasteiger partial charge in [0.25, 0.3) is 11.7 Å². The maximum atomic E-state index is 13.1. The van der Waals surface area contributed by atoms with Gasteiger partial charge in [-0.3, -0.25) is 9.59 Å². The molecule has 1 aromatic heterocycles. The number of carbonyl (C=O) groups excluding carboxylic acids is 2. The van der Waals surface area contributed by atoms with E-state index in [1.165, 1.54) is 19.1 Å². The van der Waals surface area contributed by atoms with Crippen LogP contribution in [0.4, 0.5) is 0 Å². The van der Waals surface area contributed by atoms with Crippen LogP contribution in [0, 0.1) is 6.92 Å². The number of aliphatic hydroxyl groups is 1. The fourth-order valence-corrected chi connectivity index (χ4v) is 4.12. The molecule has 0 bridgehead atoms. The van der Waals surface area contributed by atoms with Crippen LogP contribution >= 0.6 is 0 Å². The summed E-state index contributed by atoms with van der Waals surface area (Å²) < 4.78 is 22.1. The van der Waals surface area contributed by atoms with Crippen LogP contribution in [-0.4, -0.2) is 55.2 Å². The lowest BCUT2D eigenvalue weighted by Crippen LogP contribution is -2.36. The van der Waals surface area contributed by atoms with Crippen molar-refractivity contribution < 1.29 is 33.3 Å². The van der Waals surface area contributed by atoms with Crippen LogP contribution in [0.1, 0.15) is 36.0 Å². The third-order valence-electron chi connectivity index (χ3n) is 5.66. The number of hydrogen-bond donors (Lipinski definition) is 1. The van der Waals surface area contributed by atoms with E-state index in [0.29, 0.717) is 29.6 Å². The molecule has 1 amide bonds. The second kappa shape index (κ2) is 8.47. The predicted octanol–water partition coefficient (Wildman–Crippen LogP) is 3.21. The first-order valence-corrected chi connectivity index (χ1v) is 10.1. The van der Waals surface area contributed by atoms with Crippen LogP contribution in [0.25, 0.3) is 5.76 Å². The minimum atomic E-state index is -0.867. The highest BCUT2D eigenvalue weighted by molar-refractivity contribution is 6.46. The van der Waals surface area contributed by atoms with E-state index in [0.717, 1.165) is 12.8 Å². The first-order valence-electron chi connectivity index (χ1n) is 10.1. The molecule has 0 spiro atoms. The van der Waals surface area contributed by atoms with Gasteiger partial charge in [-0.1, -0.05) is 0 Å². The zero-order chi connectivity index (χ0) is 22.1. The van der Waals surface area contributed by atoms with E-state index in [1.807, 2.05) is 0 Å². The van der Waals surface area contributed by atoms with Gasteiger partial charge in [-0.15, -0.1) is 0 Å². The molecule has 0 aliphatic carbocycles. The molecule has 2 aromatic rings. The summed E-state index contributed by atoms with van der Waals surface area (Å²) in [5.41, 5.74) is 0.203. The molecular formula is C23H25NO7. The number of furan rings is 1. The molecule has 164 valence electrons. The Bertz CT molecular complexity index is 1030. The quantitative estimate of drug-likeness (QED) is 0.429. The van der Waals surface area contributed by atoms with Crippen LogP contribution < -0.4 is 9.47 Å². The van der Waals surface area contributed by atoms with Gasteiger partial charge in [0, 0.05) is 13.2 Å². The van der Waals surface area contributed by atoms with Crippen molar-refractivity contribution in [2.24, 2.45) is 0 Å². The number of Topliss-reactive ketones (excluding diaryl/α,β-unsaturated/α-hetero) is 1. The van der Waals surface area contributed by atoms with Crippen molar-refractivity contribution in [1.29, 1.82) is 0 Å². The molecule has 2 aliphatic rings. The monoisotopic (exact) mass is 427 g/mol. The standard InChI is InChI=1S/C23H25NO7/c1-13-6-8-18(31-13)20-19(21(25)16-11-14(28-2)7-9-17(16)29-3)22(26)23(27)24(20)12-15-5-4-10-30-15/h6-9,11,15,20,25H,4-5,10,12H2,1-3H3/b21-19+. The van der Waals surface area contributed by atoms with E-state index in [2.05, 4.69) is 0 Å². The summed E-state index contributed by atoms with van der Waals surface area (Å²) in [5.74, 6) is 0.0366. The molecule has 2 fully saturated rings. The molecule has 2 aliphatic heterocycles. The van der Waals surface area contributed by atoms with Gasteiger partial charge in [0.2, 0.25) is 0 Å². The lowest BCUT2D eigenvalue weighted by molar-refractivity contribution is -0.141. The average Bonchev–Trinajstić information content (AvgIpc) is 3.50. The number of benzene rings is 1. The fraction of sp³-hybridized carbons (Fsp3) is 0.391. The number of nitrogens with zero attached hydrogens (tertiary/aromatic N) is 1. The third kappa shape index (κ3) is 3.79. The molecule has 4 rings (SSSR count). The van der Waals surface area contributed by atoms with Crippen LogP contribution in [0.15, 0.2) is 40.3 Å². The molecule has 2 atom stereocenters. The molecule has 2 saturated heterocycles. The summed E-state index contributed by atoms with van der Waals surface area (Å²) in [5, 5.41) is 11.2. The fourth-order valence-electron chi connectivity index (χ4n) is 4.12. The highest BCUT2D eigenvalue weighted by Crippen LogP contribution is 2.42. The highest BCUT2D eigenvalue weighted by Gasteiger charge is 2.48. The zero-order valence-electron chi connectivity index (χ0n) is 17.7. The van der Waals surface area contributed by atoms with Crippen LogP contribution in [0.3, 0.4) is 0 Å². The summed E-state index contributed by atoms with van der Waals surface area (Å²) in [7, 11) is 2.96. The SMILES string of the molecule is COc1ccc(OC)c(/C(O)=C2\C(=O)C(=O)N(CC3CCCO3)C2c2ccc(C)o2)c1. The largest absolute Gasteiger partial charge is 0.507 e. The molecule has 8 heteroatoms. The first kappa shape index (κ1) is 21.0. The number of ketones is 1. The van der Waals surface area contributed by atoms with E-state index in [9.17, 15) is 14.7 Å². The second-order valence-electron chi connectivity index (χ2n) is 7.60. The minimum Gasteiger partial charge on any atom is -0.507 e. The number of ether oxygens (including phenoxy) is 3. The molecule has 2 unspecified atom stereocenters. The Morgan fingerprint density at radius 1 is 1.19 bits per heavy atom. The predicted molar refractivity (Wildman–Crippen MR) is 111 cm³/mol. The molecule has 31 heavy (non-hydrogen) atoms. The number of aryl methyl sites for hydroxylation is 1. The number of hydrogen-bond acceptors (Lipinski definition) is 7. The van der Waals surface area contributed by atoms with E-state index < -0.39 is 17.7 Å². The Morgan fingerprint density at radius 2 is 2.00 bits per heavy atom. The van der Waals surface area contributed by atoms with Gasteiger partial charge < -0.3 is 28.6 Å². The number of likely N-dealkylation sites (tertiary alicyclic amines) is 1. The number of carbonyl (C=O) groups is 2. The number of methoxy groups -OCH3 is 2. The molecular weight excluding hydrogens is 402 g/mol. The maximum absolute atomic E-state index is 13.1. The average molecular weight is 427 g/mol. The van der Waals surface area contributed by atoms with Crippen LogP contribution in [-0.2, 0) is 14.3 Å². The van der Waals surface area contributed by atoms with Gasteiger partial charge in [-0.2, -0.15) is 0 Å². The molecule has 1 aromatic carbocycles. The molecule has 0 saturated carbocycles. The third-order valence-corrected chi connectivity index (χ3v) is 5.66. The zero-order valence-corrected chi connectivity index (χ0v) is 17.7. The van der Waals surface area contributed by atoms with E-state index in [1.54, 1.807) is 37.3 Å². The van der Waals surface area contributed by atoms with Crippen molar-refractivity contribution in [3.63, 3.8) is 0 Å². The summed E-state index contributed by atoms with van der Waals surface area (Å²) in [4.78, 5) is 27.5. The highest BCUT2D eigenvalue weighted by atomic mass is 16.5. The van der Waals surface area contributed by atoms with Gasteiger partial charge in [-0.25, -0.2) is 0 Å². The normalized spacial score (nSPS) is 22.9. The summed E-state index contributed by atoms with van der Waals surface area (Å²) in [6.45, 7) is 2.64. The van der Waals surface area contributed by atoms with Gasteiger partial charge in [0.15, 0.2) is 0 Å². The van der Waals surface area contributed by atoms with E-state index in [4.69, 9.17) is 18.6 Å². The second-order valence-corrected chi connectivity index (χ2v) is 7.60. The maximum Gasteiger partial charge on any atom is 0.295 e. The Labute approximate surface area is 180 Å². The molecule has 3 heterocycles. The van der Waals surface area contributed by atoms with Gasteiger partial charge in [0.05, 0.1) is 31.5 Å². The summed E-state index contributed by atoms with van der Waals surface area (Å²) >= 11 is 0. The van der Waals surface area contributed by atoms with Crippen molar-refractivity contribution in [3.8, 4) is 11.5 Å². The molecule has 0 radical (unpaired) electrons.